The van der Waals surface area contributed by atoms with Crippen LogP contribution in [0.5, 0.6) is 5.75 Å². The van der Waals surface area contributed by atoms with E-state index in [1.165, 1.54) is 11.1 Å². The maximum absolute atomic E-state index is 12.6. The Balaban J connectivity index is 1.80. The highest BCUT2D eigenvalue weighted by Gasteiger charge is 2.25. The molecular formula is C18H19NO2. The van der Waals surface area contributed by atoms with Crippen LogP contribution in [0.4, 0.5) is 0 Å². The summed E-state index contributed by atoms with van der Waals surface area (Å²) in [6, 6.07) is 15.9. The summed E-state index contributed by atoms with van der Waals surface area (Å²) in [4.78, 5) is 12.6. The van der Waals surface area contributed by atoms with Crippen molar-refractivity contribution in [2.75, 3.05) is 13.7 Å². The highest BCUT2D eigenvalue weighted by atomic mass is 16.5. The monoisotopic (exact) mass is 281 g/mol. The molecule has 2 aromatic carbocycles. The molecule has 1 atom stereocenters. The lowest BCUT2D eigenvalue weighted by molar-refractivity contribution is -0.119. The zero-order chi connectivity index (χ0) is 14.7. The van der Waals surface area contributed by atoms with Gasteiger partial charge in [-0.1, -0.05) is 36.4 Å². The Hall–Kier alpha value is -2.13. The van der Waals surface area contributed by atoms with E-state index in [9.17, 15) is 4.79 Å². The van der Waals surface area contributed by atoms with Crippen LogP contribution >= 0.6 is 0 Å². The van der Waals surface area contributed by atoms with Crippen LogP contribution in [0.1, 0.15) is 22.6 Å². The fourth-order valence-corrected chi connectivity index (χ4v) is 2.89. The number of nitrogens with one attached hydrogen (secondary N) is 1. The number of rotatable bonds is 4. The second kappa shape index (κ2) is 6.10. The van der Waals surface area contributed by atoms with Crippen molar-refractivity contribution in [3.63, 3.8) is 0 Å². The van der Waals surface area contributed by atoms with Gasteiger partial charge in [-0.25, -0.2) is 0 Å². The van der Waals surface area contributed by atoms with E-state index in [0.717, 1.165) is 24.4 Å². The van der Waals surface area contributed by atoms with Gasteiger partial charge >= 0.3 is 0 Å². The lowest BCUT2D eigenvalue weighted by Gasteiger charge is -2.25. The number of carbonyl (C=O) groups is 1. The van der Waals surface area contributed by atoms with Crippen LogP contribution in [-0.4, -0.2) is 19.4 Å². The number of methoxy groups -OCH3 is 1. The number of ketones is 1. The topological polar surface area (TPSA) is 38.3 Å². The number of hydrogen-bond acceptors (Lipinski definition) is 3. The van der Waals surface area contributed by atoms with Gasteiger partial charge in [0.05, 0.1) is 13.0 Å². The fraction of sp³-hybridized carbons (Fsp3) is 0.278. The van der Waals surface area contributed by atoms with Crippen LogP contribution in [0, 0.1) is 0 Å². The Morgan fingerprint density at radius 1 is 1.24 bits per heavy atom. The molecule has 3 nitrogen and oxygen atoms in total. The molecule has 1 unspecified atom stereocenters. The highest BCUT2D eigenvalue weighted by Crippen LogP contribution is 2.26. The van der Waals surface area contributed by atoms with Crippen molar-refractivity contribution in [3.05, 3.63) is 65.2 Å². The minimum atomic E-state index is -0.0545. The van der Waals surface area contributed by atoms with Gasteiger partial charge in [-0.05, 0) is 28.8 Å². The molecule has 0 spiro atoms. The first-order valence-corrected chi connectivity index (χ1v) is 7.22. The van der Waals surface area contributed by atoms with Crippen molar-refractivity contribution in [2.45, 2.75) is 18.9 Å². The molecule has 0 amide bonds. The van der Waals surface area contributed by atoms with Gasteiger partial charge in [0.1, 0.15) is 11.5 Å². The number of Topliss-reactive ketones (excluding diaryl/α,β-unsaturated/α-hetero) is 1. The zero-order valence-corrected chi connectivity index (χ0v) is 12.1. The van der Waals surface area contributed by atoms with Crippen LogP contribution < -0.4 is 10.1 Å². The van der Waals surface area contributed by atoms with Gasteiger partial charge in [0.25, 0.3) is 0 Å². The molecule has 0 aromatic heterocycles. The van der Waals surface area contributed by atoms with E-state index < -0.39 is 0 Å². The maximum Gasteiger partial charge on any atom is 0.145 e. The summed E-state index contributed by atoms with van der Waals surface area (Å²) in [6.45, 7) is 1.57. The summed E-state index contributed by atoms with van der Waals surface area (Å²) in [5.41, 5.74) is 3.40. The van der Waals surface area contributed by atoms with Crippen molar-refractivity contribution in [2.24, 2.45) is 0 Å². The van der Waals surface area contributed by atoms with Crippen molar-refractivity contribution < 1.29 is 9.53 Å². The van der Waals surface area contributed by atoms with Gasteiger partial charge in [-0.15, -0.1) is 0 Å². The van der Waals surface area contributed by atoms with Gasteiger partial charge in [0.15, 0.2) is 0 Å². The fourth-order valence-electron chi connectivity index (χ4n) is 2.89. The van der Waals surface area contributed by atoms with Crippen LogP contribution in [0.2, 0.25) is 0 Å². The van der Waals surface area contributed by atoms with Gasteiger partial charge < -0.3 is 10.1 Å². The van der Waals surface area contributed by atoms with Crippen LogP contribution in [0.25, 0.3) is 0 Å². The molecule has 21 heavy (non-hydrogen) atoms. The summed E-state index contributed by atoms with van der Waals surface area (Å²) in [5.74, 6) is 0.992. The minimum absolute atomic E-state index is 0.0545. The number of benzene rings is 2. The van der Waals surface area contributed by atoms with Crippen molar-refractivity contribution in [1.82, 2.24) is 5.32 Å². The summed E-state index contributed by atoms with van der Waals surface area (Å²) >= 11 is 0. The van der Waals surface area contributed by atoms with E-state index >= 15 is 0 Å². The third-order valence-corrected chi connectivity index (χ3v) is 4.00. The van der Waals surface area contributed by atoms with Crippen LogP contribution in [0.3, 0.4) is 0 Å². The lowest BCUT2D eigenvalue weighted by atomic mass is 9.85. The first-order valence-electron chi connectivity index (χ1n) is 7.22. The van der Waals surface area contributed by atoms with E-state index in [4.69, 9.17) is 4.74 Å². The zero-order valence-electron chi connectivity index (χ0n) is 12.1. The standard InChI is InChI=1S/C18H19NO2/c1-21-15-7-4-5-13(9-15)10-18(20)17-12-19-11-14-6-2-3-8-16(14)17/h2-9,17,19H,10-12H2,1H3. The second-order valence-electron chi connectivity index (χ2n) is 5.38. The third kappa shape index (κ3) is 2.98. The second-order valence-corrected chi connectivity index (χ2v) is 5.38. The Labute approximate surface area is 124 Å². The molecule has 0 radical (unpaired) electrons. The summed E-state index contributed by atoms with van der Waals surface area (Å²) in [5, 5.41) is 3.33. The van der Waals surface area contributed by atoms with E-state index in [-0.39, 0.29) is 11.7 Å². The Morgan fingerprint density at radius 2 is 2.10 bits per heavy atom. The van der Waals surface area contributed by atoms with Crippen LogP contribution in [-0.2, 0) is 17.8 Å². The number of hydrogen-bond donors (Lipinski definition) is 1. The average Bonchev–Trinajstić information content (AvgIpc) is 2.54. The SMILES string of the molecule is COc1cccc(CC(=O)C2CNCc3ccccc32)c1. The lowest BCUT2D eigenvalue weighted by Crippen LogP contribution is -2.33. The van der Waals surface area contributed by atoms with Crippen molar-refractivity contribution >= 4 is 5.78 Å². The Bertz CT molecular complexity index is 651. The molecule has 1 heterocycles. The normalized spacial score (nSPS) is 17.1. The predicted octanol–water partition coefficient (Wildman–Crippen LogP) is 2.69. The number of fused-ring (bicyclic) bond motifs is 1. The molecule has 1 N–H and O–H groups in total. The first-order chi connectivity index (χ1) is 10.3. The first kappa shape index (κ1) is 13.8. The molecule has 0 bridgehead atoms. The third-order valence-electron chi connectivity index (χ3n) is 4.00. The molecule has 2 aromatic rings. The van der Waals surface area contributed by atoms with Crippen molar-refractivity contribution in [1.29, 1.82) is 0 Å². The smallest absolute Gasteiger partial charge is 0.145 e. The Morgan fingerprint density at radius 3 is 2.95 bits per heavy atom. The molecule has 1 aliphatic heterocycles. The molecule has 0 aliphatic carbocycles. The maximum atomic E-state index is 12.6. The van der Waals surface area contributed by atoms with Crippen molar-refractivity contribution in [3.8, 4) is 5.75 Å². The molecule has 0 saturated carbocycles. The minimum Gasteiger partial charge on any atom is -0.497 e. The highest BCUT2D eigenvalue weighted by molar-refractivity contribution is 5.88. The van der Waals surface area contributed by atoms with Crippen LogP contribution in [0.15, 0.2) is 48.5 Å². The quantitative estimate of drug-likeness (QED) is 0.936. The largest absolute Gasteiger partial charge is 0.497 e. The van der Waals surface area contributed by atoms with Gasteiger partial charge in [0.2, 0.25) is 0 Å². The Kier molecular flexibility index (Phi) is 4.02. The van der Waals surface area contributed by atoms with Gasteiger partial charge in [-0.2, -0.15) is 0 Å². The molecule has 0 fully saturated rings. The summed E-state index contributed by atoms with van der Waals surface area (Å²) in [6.07, 6.45) is 0.442. The molecule has 0 saturated heterocycles. The molecule has 108 valence electrons. The van der Waals surface area contributed by atoms with E-state index in [1.807, 2.05) is 36.4 Å². The molecule has 3 heteroatoms. The molecule has 3 rings (SSSR count). The van der Waals surface area contributed by atoms with E-state index in [2.05, 4.69) is 17.4 Å². The molecular weight excluding hydrogens is 262 g/mol. The van der Waals surface area contributed by atoms with Gasteiger partial charge in [-0.3, -0.25) is 4.79 Å². The number of carbonyl (C=O) groups excluding carboxylic acids is 1. The van der Waals surface area contributed by atoms with E-state index in [0.29, 0.717) is 6.42 Å². The average molecular weight is 281 g/mol. The predicted molar refractivity (Wildman–Crippen MR) is 82.6 cm³/mol. The summed E-state index contributed by atoms with van der Waals surface area (Å²) in [7, 11) is 1.64. The number of ether oxygens (including phenoxy) is 1. The van der Waals surface area contributed by atoms with E-state index in [1.54, 1.807) is 7.11 Å². The molecule has 1 aliphatic rings. The van der Waals surface area contributed by atoms with Gasteiger partial charge in [0, 0.05) is 19.5 Å². The summed E-state index contributed by atoms with van der Waals surface area (Å²) < 4.78 is 5.21.